The van der Waals surface area contributed by atoms with Crippen LogP contribution in [-0.2, 0) is 0 Å². The van der Waals surface area contributed by atoms with E-state index in [-0.39, 0.29) is 5.82 Å². The minimum absolute atomic E-state index is 0.235. The summed E-state index contributed by atoms with van der Waals surface area (Å²) in [6, 6.07) is 12.1. The molecular formula is C12H9BrFNS. The molecule has 0 aliphatic rings. The van der Waals surface area contributed by atoms with E-state index in [0.29, 0.717) is 5.69 Å². The number of benzene rings is 2. The molecule has 0 unspecified atom stereocenters. The van der Waals surface area contributed by atoms with Gasteiger partial charge in [0, 0.05) is 20.0 Å². The van der Waals surface area contributed by atoms with Gasteiger partial charge in [0.1, 0.15) is 5.82 Å². The summed E-state index contributed by atoms with van der Waals surface area (Å²) < 4.78 is 13.9. The monoisotopic (exact) mass is 297 g/mol. The molecule has 0 bridgehead atoms. The Bertz CT molecular complexity index is 516. The van der Waals surface area contributed by atoms with Crippen LogP contribution in [0.1, 0.15) is 0 Å². The molecule has 82 valence electrons. The molecule has 0 saturated heterocycles. The molecular weight excluding hydrogens is 289 g/mol. The molecule has 2 aromatic carbocycles. The Hall–Kier alpha value is -1.00. The summed E-state index contributed by atoms with van der Waals surface area (Å²) in [4.78, 5) is 1.77. The highest BCUT2D eigenvalue weighted by Gasteiger charge is 2.03. The van der Waals surface area contributed by atoms with Gasteiger partial charge in [-0.05, 0) is 36.4 Å². The van der Waals surface area contributed by atoms with E-state index in [2.05, 4.69) is 15.9 Å². The van der Waals surface area contributed by atoms with E-state index < -0.39 is 0 Å². The average molecular weight is 298 g/mol. The van der Waals surface area contributed by atoms with Gasteiger partial charge in [0.2, 0.25) is 0 Å². The summed E-state index contributed by atoms with van der Waals surface area (Å²) in [6.45, 7) is 0. The Balaban J connectivity index is 2.27. The van der Waals surface area contributed by atoms with Gasteiger partial charge in [0.05, 0.1) is 0 Å². The molecule has 0 atom stereocenters. The van der Waals surface area contributed by atoms with Gasteiger partial charge in [-0.25, -0.2) is 4.39 Å². The zero-order valence-corrected chi connectivity index (χ0v) is 10.7. The first-order valence-electron chi connectivity index (χ1n) is 4.63. The third-order valence-corrected chi connectivity index (χ3v) is 3.57. The number of rotatable bonds is 2. The van der Waals surface area contributed by atoms with Gasteiger partial charge in [-0.3, -0.25) is 0 Å². The quantitative estimate of drug-likeness (QED) is 0.836. The number of hydrogen-bond donors (Lipinski definition) is 1. The minimum atomic E-state index is -0.235. The van der Waals surface area contributed by atoms with Crippen LogP contribution in [-0.4, -0.2) is 0 Å². The molecule has 0 fully saturated rings. The standard InChI is InChI=1S/C12H9BrFNS/c13-8-4-5-12(11(15)6-8)16-10-3-1-2-9(14)7-10/h1-7H,15H2. The van der Waals surface area contributed by atoms with Crippen LogP contribution in [0.3, 0.4) is 0 Å². The zero-order chi connectivity index (χ0) is 11.5. The topological polar surface area (TPSA) is 26.0 Å². The fraction of sp³-hybridized carbons (Fsp3) is 0. The van der Waals surface area contributed by atoms with Crippen molar-refractivity contribution in [1.29, 1.82) is 0 Å². The zero-order valence-electron chi connectivity index (χ0n) is 8.28. The second kappa shape index (κ2) is 4.89. The van der Waals surface area contributed by atoms with Crippen LogP contribution < -0.4 is 5.73 Å². The lowest BCUT2D eigenvalue weighted by molar-refractivity contribution is 0.624. The van der Waals surface area contributed by atoms with Crippen LogP contribution in [0.4, 0.5) is 10.1 Å². The second-order valence-electron chi connectivity index (χ2n) is 3.24. The fourth-order valence-corrected chi connectivity index (χ4v) is 2.53. The van der Waals surface area contributed by atoms with E-state index in [0.717, 1.165) is 14.3 Å². The number of hydrogen-bond acceptors (Lipinski definition) is 2. The molecule has 2 aromatic rings. The summed E-state index contributed by atoms with van der Waals surface area (Å²) in [6.07, 6.45) is 0. The van der Waals surface area contributed by atoms with Crippen LogP contribution >= 0.6 is 27.7 Å². The summed E-state index contributed by atoms with van der Waals surface area (Å²) in [5.41, 5.74) is 6.55. The molecule has 0 radical (unpaired) electrons. The van der Waals surface area contributed by atoms with Gasteiger partial charge >= 0.3 is 0 Å². The van der Waals surface area contributed by atoms with E-state index >= 15 is 0 Å². The van der Waals surface area contributed by atoms with E-state index in [1.807, 2.05) is 24.3 Å². The van der Waals surface area contributed by atoms with Crippen molar-refractivity contribution in [2.45, 2.75) is 9.79 Å². The Morgan fingerprint density at radius 1 is 1.12 bits per heavy atom. The van der Waals surface area contributed by atoms with Gasteiger partial charge in [0.25, 0.3) is 0 Å². The number of nitrogen functional groups attached to an aromatic ring is 1. The molecule has 0 spiro atoms. The van der Waals surface area contributed by atoms with Crippen molar-refractivity contribution in [2.75, 3.05) is 5.73 Å². The number of nitrogens with two attached hydrogens (primary N) is 1. The van der Waals surface area contributed by atoms with Gasteiger partial charge in [-0.1, -0.05) is 33.8 Å². The molecule has 0 saturated carbocycles. The number of halogens is 2. The molecule has 16 heavy (non-hydrogen) atoms. The van der Waals surface area contributed by atoms with Crippen LogP contribution in [0.5, 0.6) is 0 Å². The third kappa shape index (κ3) is 2.77. The molecule has 0 amide bonds. The van der Waals surface area contributed by atoms with Gasteiger partial charge in [-0.2, -0.15) is 0 Å². The SMILES string of the molecule is Nc1cc(Br)ccc1Sc1cccc(F)c1. The fourth-order valence-electron chi connectivity index (χ4n) is 1.27. The molecule has 0 heterocycles. The van der Waals surface area contributed by atoms with Crippen molar-refractivity contribution in [1.82, 2.24) is 0 Å². The molecule has 0 aliphatic heterocycles. The molecule has 0 aromatic heterocycles. The van der Waals surface area contributed by atoms with Crippen molar-refractivity contribution in [3.05, 3.63) is 52.8 Å². The highest BCUT2D eigenvalue weighted by molar-refractivity contribution is 9.10. The van der Waals surface area contributed by atoms with Crippen LogP contribution in [0.2, 0.25) is 0 Å². The van der Waals surface area contributed by atoms with Crippen LogP contribution in [0.15, 0.2) is 56.7 Å². The predicted molar refractivity (Wildman–Crippen MR) is 69.1 cm³/mol. The first-order chi connectivity index (χ1) is 7.65. The summed E-state index contributed by atoms with van der Waals surface area (Å²) in [5, 5.41) is 0. The van der Waals surface area contributed by atoms with Crippen molar-refractivity contribution in [2.24, 2.45) is 0 Å². The smallest absolute Gasteiger partial charge is 0.124 e. The van der Waals surface area contributed by atoms with Gasteiger partial charge in [-0.15, -0.1) is 0 Å². The van der Waals surface area contributed by atoms with E-state index in [1.54, 1.807) is 6.07 Å². The Morgan fingerprint density at radius 3 is 2.62 bits per heavy atom. The van der Waals surface area contributed by atoms with Crippen molar-refractivity contribution in [3.8, 4) is 0 Å². The molecule has 2 rings (SSSR count). The van der Waals surface area contributed by atoms with E-state index in [4.69, 9.17) is 5.73 Å². The Labute approximate surface area is 106 Å². The lowest BCUT2D eigenvalue weighted by Gasteiger charge is -2.05. The molecule has 4 heteroatoms. The maximum atomic E-state index is 13.0. The Kier molecular flexibility index (Phi) is 3.51. The third-order valence-electron chi connectivity index (χ3n) is 2.00. The first-order valence-corrected chi connectivity index (χ1v) is 6.24. The van der Waals surface area contributed by atoms with Crippen LogP contribution in [0.25, 0.3) is 0 Å². The predicted octanol–water partition coefficient (Wildman–Crippen LogP) is 4.32. The van der Waals surface area contributed by atoms with E-state index in [1.165, 1.54) is 23.9 Å². The molecule has 2 N–H and O–H groups in total. The highest BCUT2D eigenvalue weighted by Crippen LogP contribution is 2.33. The molecule has 1 nitrogen and oxygen atoms in total. The summed E-state index contributed by atoms with van der Waals surface area (Å²) in [5.74, 6) is -0.235. The lowest BCUT2D eigenvalue weighted by Crippen LogP contribution is -1.88. The van der Waals surface area contributed by atoms with Gasteiger partial charge in [0.15, 0.2) is 0 Å². The maximum Gasteiger partial charge on any atom is 0.124 e. The van der Waals surface area contributed by atoms with Crippen molar-refractivity contribution >= 4 is 33.4 Å². The average Bonchev–Trinajstić information content (AvgIpc) is 2.22. The maximum absolute atomic E-state index is 13.0. The second-order valence-corrected chi connectivity index (χ2v) is 5.27. The van der Waals surface area contributed by atoms with Crippen molar-refractivity contribution in [3.63, 3.8) is 0 Å². The largest absolute Gasteiger partial charge is 0.398 e. The van der Waals surface area contributed by atoms with E-state index in [9.17, 15) is 4.39 Å². The normalized spacial score (nSPS) is 10.4. The van der Waals surface area contributed by atoms with Gasteiger partial charge < -0.3 is 5.73 Å². The Morgan fingerprint density at radius 2 is 1.94 bits per heavy atom. The lowest BCUT2D eigenvalue weighted by atomic mass is 10.3. The van der Waals surface area contributed by atoms with Crippen LogP contribution in [0, 0.1) is 5.82 Å². The summed E-state index contributed by atoms with van der Waals surface area (Å²) >= 11 is 4.80. The highest BCUT2D eigenvalue weighted by atomic mass is 79.9. The summed E-state index contributed by atoms with van der Waals surface area (Å²) in [7, 11) is 0. The minimum Gasteiger partial charge on any atom is -0.398 e. The van der Waals surface area contributed by atoms with Crippen molar-refractivity contribution < 1.29 is 4.39 Å². The first kappa shape index (κ1) is 11.5. The number of anilines is 1. The molecule has 0 aliphatic carbocycles.